The van der Waals surface area contributed by atoms with E-state index in [-0.39, 0.29) is 23.3 Å². The number of rotatable bonds is 0. The van der Waals surface area contributed by atoms with Crippen LogP contribution in [0.3, 0.4) is 0 Å². The maximum Gasteiger partial charge on any atom is 0.433 e. The zero-order valence-electron chi connectivity index (χ0n) is 13.3. The minimum Gasteiger partial charge on any atom is -0.417 e. The predicted molar refractivity (Wildman–Crippen MR) is 80.8 cm³/mol. The van der Waals surface area contributed by atoms with Gasteiger partial charge in [-0.15, -0.1) is 5.10 Å². The van der Waals surface area contributed by atoms with Gasteiger partial charge in [0.2, 0.25) is 6.39 Å². The van der Waals surface area contributed by atoms with E-state index in [1.807, 2.05) is 0 Å². The summed E-state index contributed by atoms with van der Waals surface area (Å²) < 4.78 is 84.9. The zero-order chi connectivity index (χ0) is 20.1. The molecular weight excluding hydrogens is 392 g/mol. The molecular formula is C16H5F6N5O. The van der Waals surface area contributed by atoms with Crippen LogP contribution in [0, 0.1) is 11.8 Å². The first kappa shape index (κ1) is 17.8. The van der Waals surface area contributed by atoms with Crippen molar-refractivity contribution in [2.75, 3.05) is 0 Å². The highest BCUT2D eigenvalue weighted by atomic mass is 19.4. The van der Waals surface area contributed by atoms with Crippen LogP contribution >= 0.6 is 0 Å². The van der Waals surface area contributed by atoms with Crippen molar-refractivity contribution < 1.29 is 30.8 Å². The summed E-state index contributed by atoms with van der Waals surface area (Å²) in [6, 6.07) is 2.23. The number of aromatic nitrogens is 5. The molecule has 4 aromatic heterocycles. The molecule has 4 aromatic rings. The molecule has 4 rings (SSSR count). The molecule has 0 bridgehead atoms. The summed E-state index contributed by atoms with van der Waals surface area (Å²) in [4.78, 5) is 7.42. The van der Waals surface area contributed by atoms with Crippen LogP contribution in [0.4, 0.5) is 26.3 Å². The van der Waals surface area contributed by atoms with Gasteiger partial charge in [-0.25, -0.2) is 9.97 Å². The summed E-state index contributed by atoms with van der Waals surface area (Å²) in [7, 11) is 0. The molecule has 28 heavy (non-hydrogen) atoms. The molecule has 0 N–H and O–H groups in total. The van der Waals surface area contributed by atoms with E-state index < -0.39 is 34.6 Å². The van der Waals surface area contributed by atoms with Crippen LogP contribution in [0.1, 0.15) is 22.8 Å². The largest absolute Gasteiger partial charge is 0.433 e. The number of hydrogen-bond acceptors (Lipinski definition) is 5. The standard InChI is InChI=1S/C16H5F6N5O/c17-15(18,19)10-5-11(16(20,21)22)25-14-9(10)2-3-12-24-8(6-27(12)14)1-4-13-26-23-7-28-13/h2-3,5-7H. The molecule has 142 valence electrons. The Kier molecular flexibility index (Phi) is 3.77. The summed E-state index contributed by atoms with van der Waals surface area (Å²) in [6.45, 7) is 0. The molecule has 12 heteroatoms. The lowest BCUT2D eigenvalue weighted by Crippen LogP contribution is -2.14. The zero-order valence-corrected chi connectivity index (χ0v) is 13.3. The summed E-state index contributed by atoms with van der Waals surface area (Å²) in [5.41, 5.74) is -3.51. The fraction of sp³-hybridized carbons (Fsp3) is 0.125. The highest BCUT2D eigenvalue weighted by Gasteiger charge is 2.39. The molecule has 6 nitrogen and oxygen atoms in total. The molecule has 0 fully saturated rings. The van der Waals surface area contributed by atoms with Gasteiger partial charge in [0.25, 0.3) is 5.89 Å². The molecule has 0 saturated carbocycles. The normalized spacial score (nSPS) is 12.4. The van der Waals surface area contributed by atoms with Gasteiger partial charge in [-0.2, -0.15) is 26.3 Å². The van der Waals surface area contributed by atoms with Gasteiger partial charge >= 0.3 is 12.4 Å². The average molecular weight is 397 g/mol. The Morgan fingerprint density at radius 2 is 1.75 bits per heavy atom. The topological polar surface area (TPSA) is 69.1 Å². The summed E-state index contributed by atoms with van der Waals surface area (Å²) in [5, 5.41) is 6.44. The predicted octanol–water partition coefficient (Wildman–Crippen LogP) is 3.70. The Labute approximate surface area is 150 Å². The minimum absolute atomic E-state index is 0.0125. The number of halogens is 6. The van der Waals surface area contributed by atoms with Crippen LogP contribution in [-0.4, -0.2) is 24.6 Å². The van der Waals surface area contributed by atoms with E-state index in [1.165, 1.54) is 12.3 Å². The molecule has 4 heterocycles. The monoisotopic (exact) mass is 397 g/mol. The Balaban J connectivity index is 1.98. The maximum absolute atomic E-state index is 13.3. The van der Waals surface area contributed by atoms with Gasteiger partial charge in [-0.05, 0) is 24.1 Å². The number of hydrogen-bond donors (Lipinski definition) is 0. The van der Waals surface area contributed by atoms with E-state index in [0.717, 1.165) is 16.9 Å². The van der Waals surface area contributed by atoms with Crippen molar-refractivity contribution in [2.45, 2.75) is 12.4 Å². The van der Waals surface area contributed by atoms with Gasteiger partial charge in [-0.3, -0.25) is 4.40 Å². The van der Waals surface area contributed by atoms with Gasteiger partial charge in [0, 0.05) is 17.5 Å². The third kappa shape index (κ3) is 3.11. The molecule has 0 aliphatic rings. The van der Waals surface area contributed by atoms with E-state index in [1.54, 1.807) is 0 Å². The Morgan fingerprint density at radius 1 is 0.964 bits per heavy atom. The first-order valence-corrected chi connectivity index (χ1v) is 7.38. The molecule has 0 aliphatic carbocycles. The Bertz CT molecular complexity index is 1240. The lowest BCUT2D eigenvalue weighted by Gasteiger charge is -2.14. The van der Waals surface area contributed by atoms with E-state index in [0.29, 0.717) is 0 Å². The van der Waals surface area contributed by atoms with Gasteiger partial charge in [0.05, 0.1) is 5.56 Å². The minimum atomic E-state index is -5.06. The van der Waals surface area contributed by atoms with Crippen molar-refractivity contribution in [1.82, 2.24) is 24.6 Å². The highest BCUT2D eigenvalue weighted by Crippen LogP contribution is 2.38. The fourth-order valence-corrected chi connectivity index (χ4v) is 2.51. The van der Waals surface area contributed by atoms with E-state index in [2.05, 4.69) is 32.0 Å². The molecule has 0 unspecified atom stereocenters. The van der Waals surface area contributed by atoms with Crippen molar-refractivity contribution in [3.63, 3.8) is 0 Å². The lowest BCUT2D eigenvalue weighted by molar-refractivity contribution is -0.144. The van der Waals surface area contributed by atoms with Crippen molar-refractivity contribution >= 4 is 16.7 Å². The first-order chi connectivity index (χ1) is 13.1. The third-order valence-corrected chi connectivity index (χ3v) is 3.65. The van der Waals surface area contributed by atoms with Gasteiger partial charge < -0.3 is 4.42 Å². The molecule has 0 aromatic carbocycles. The number of pyridine rings is 2. The Morgan fingerprint density at radius 3 is 2.39 bits per heavy atom. The maximum atomic E-state index is 13.3. The van der Waals surface area contributed by atoms with Crippen molar-refractivity contribution in [3.05, 3.63) is 53.6 Å². The van der Waals surface area contributed by atoms with Crippen molar-refractivity contribution in [1.29, 1.82) is 0 Å². The SMILES string of the molecule is FC(F)(F)c1cc(C(F)(F)F)c2ccc3nc(C#Cc4nnco4)cn3c2n1. The molecule has 0 atom stereocenters. The molecule has 0 amide bonds. The smallest absolute Gasteiger partial charge is 0.417 e. The quantitative estimate of drug-likeness (QED) is 0.334. The lowest BCUT2D eigenvalue weighted by atomic mass is 10.1. The van der Waals surface area contributed by atoms with Crippen LogP contribution in [0.2, 0.25) is 0 Å². The molecule has 0 saturated heterocycles. The third-order valence-electron chi connectivity index (χ3n) is 3.65. The molecule has 0 spiro atoms. The first-order valence-electron chi connectivity index (χ1n) is 7.38. The van der Waals surface area contributed by atoms with Crippen LogP contribution in [0.5, 0.6) is 0 Å². The second kappa shape index (κ2) is 5.95. The van der Waals surface area contributed by atoms with E-state index in [4.69, 9.17) is 4.42 Å². The van der Waals surface area contributed by atoms with Crippen LogP contribution in [-0.2, 0) is 12.4 Å². The molecule has 0 aliphatic heterocycles. The fourth-order valence-electron chi connectivity index (χ4n) is 2.51. The number of fused-ring (bicyclic) bond motifs is 3. The van der Waals surface area contributed by atoms with Crippen molar-refractivity contribution in [2.24, 2.45) is 0 Å². The summed E-state index contributed by atoms with van der Waals surface area (Å²) in [6.07, 6.45) is -7.84. The second-order valence-electron chi connectivity index (χ2n) is 5.47. The van der Waals surface area contributed by atoms with E-state index >= 15 is 0 Å². The van der Waals surface area contributed by atoms with Gasteiger partial charge in [0.1, 0.15) is 22.7 Å². The average Bonchev–Trinajstić information content (AvgIpc) is 3.26. The van der Waals surface area contributed by atoms with Gasteiger partial charge in [-0.1, -0.05) is 5.10 Å². The van der Waals surface area contributed by atoms with Crippen molar-refractivity contribution in [3.8, 4) is 11.8 Å². The highest BCUT2D eigenvalue weighted by molar-refractivity contribution is 5.83. The number of imidazole rings is 1. The van der Waals surface area contributed by atoms with Crippen LogP contribution in [0.15, 0.2) is 35.2 Å². The summed E-state index contributed by atoms with van der Waals surface area (Å²) >= 11 is 0. The van der Waals surface area contributed by atoms with Crippen LogP contribution < -0.4 is 0 Å². The van der Waals surface area contributed by atoms with Crippen LogP contribution in [0.25, 0.3) is 16.7 Å². The molecule has 0 radical (unpaired) electrons. The number of alkyl halides is 6. The number of nitrogens with zero attached hydrogens (tertiary/aromatic N) is 5. The van der Waals surface area contributed by atoms with E-state index in [9.17, 15) is 26.3 Å². The second-order valence-corrected chi connectivity index (χ2v) is 5.47. The van der Waals surface area contributed by atoms with Gasteiger partial charge in [0.15, 0.2) is 0 Å². The summed E-state index contributed by atoms with van der Waals surface area (Å²) in [5.74, 6) is 4.99. The Hall–Kier alpha value is -3.62.